The molecular weight excluding hydrogens is 356 g/mol. The highest BCUT2D eigenvalue weighted by atomic mass is 32.2. The number of aromatic nitrogens is 1. The molecule has 1 N–H and O–H groups in total. The van der Waals surface area contributed by atoms with Crippen LogP contribution < -0.4 is 5.32 Å². The maximum absolute atomic E-state index is 12.5. The minimum atomic E-state index is -3.42. The topological polar surface area (TPSA) is 76.1 Å². The molecule has 2 aromatic carbocycles. The summed E-state index contributed by atoms with van der Waals surface area (Å²) in [7, 11) is -3.42. The highest BCUT2D eigenvalue weighted by Gasteiger charge is 2.20. The number of sulfone groups is 1. The number of fused-ring (bicyclic) bond motifs is 1. The molecule has 7 heteroatoms. The van der Waals surface area contributed by atoms with Crippen LogP contribution in [0.25, 0.3) is 10.2 Å². The number of rotatable bonds is 4. The number of aryl methyl sites for hydroxylation is 1. The van der Waals surface area contributed by atoms with Gasteiger partial charge in [-0.2, -0.15) is 0 Å². The molecule has 1 aromatic heterocycles. The van der Waals surface area contributed by atoms with Crippen molar-refractivity contribution in [1.82, 2.24) is 4.98 Å². The number of hydrogen-bond donors (Lipinski definition) is 1. The van der Waals surface area contributed by atoms with Crippen LogP contribution in [0.4, 0.5) is 5.13 Å². The average Bonchev–Trinajstić information content (AvgIpc) is 2.98. The van der Waals surface area contributed by atoms with Crippen LogP contribution in [-0.2, 0) is 9.84 Å². The fourth-order valence-corrected chi connectivity index (χ4v) is 4.44. The van der Waals surface area contributed by atoms with Crippen molar-refractivity contribution in [1.29, 1.82) is 0 Å². The van der Waals surface area contributed by atoms with E-state index in [4.69, 9.17) is 0 Å². The molecule has 0 aliphatic heterocycles. The van der Waals surface area contributed by atoms with Gasteiger partial charge in [-0.15, -0.1) is 0 Å². The largest absolute Gasteiger partial charge is 0.298 e. The maximum atomic E-state index is 12.5. The van der Waals surface area contributed by atoms with Crippen molar-refractivity contribution in [2.45, 2.75) is 30.9 Å². The van der Waals surface area contributed by atoms with Gasteiger partial charge in [-0.3, -0.25) is 10.1 Å². The summed E-state index contributed by atoms with van der Waals surface area (Å²) >= 11 is 1.39. The molecule has 0 fully saturated rings. The average molecular weight is 374 g/mol. The Morgan fingerprint density at radius 2 is 1.88 bits per heavy atom. The lowest BCUT2D eigenvalue weighted by atomic mass is 10.2. The smallest absolute Gasteiger partial charge is 0.257 e. The van der Waals surface area contributed by atoms with Crippen LogP contribution in [0.5, 0.6) is 0 Å². The lowest BCUT2D eigenvalue weighted by Gasteiger charge is -2.09. The van der Waals surface area contributed by atoms with Gasteiger partial charge in [-0.05, 0) is 50.6 Å². The minimum absolute atomic E-state index is 0.148. The fraction of sp³-hybridized carbons (Fsp3) is 0.222. The number of para-hydroxylation sites is 1. The van der Waals surface area contributed by atoms with Crippen LogP contribution in [0.1, 0.15) is 29.8 Å². The second-order valence-corrected chi connectivity index (χ2v) is 9.55. The van der Waals surface area contributed by atoms with Crippen molar-refractivity contribution < 1.29 is 13.2 Å². The molecule has 1 heterocycles. The first kappa shape index (κ1) is 17.6. The Bertz CT molecular complexity index is 1050. The lowest BCUT2D eigenvalue weighted by Crippen LogP contribution is -2.16. The standard InChI is InChI=1S/C18H18N2O3S2/c1-11(2)25(22,23)14-8-5-7-13(10-14)17(21)20-18-19-16-12(3)6-4-9-15(16)24-18/h4-11H,1-3H3,(H,19,20,21). The molecule has 0 aliphatic rings. The molecule has 0 atom stereocenters. The van der Waals surface area contributed by atoms with Gasteiger partial charge in [-0.25, -0.2) is 13.4 Å². The molecule has 0 aliphatic carbocycles. The number of anilines is 1. The molecule has 0 radical (unpaired) electrons. The Hall–Kier alpha value is -2.25. The number of carbonyl (C=O) groups excluding carboxylic acids is 1. The van der Waals surface area contributed by atoms with Gasteiger partial charge in [0.15, 0.2) is 15.0 Å². The van der Waals surface area contributed by atoms with Gasteiger partial charge in [-0.1, -0.05) is 29.5 Å². The molecule has 0 unspecified atom stereocenters. The Morgan fingerprint density at radius 3 is 2.56 bits per heavy atom. The minimum Gasteiger partial charge on any atom is -0.298 e. The van der Waals surface area contributed by atoms with Gasteiger partial charge in [0.25, 0.3) is 5.91 Å². The molecular formula is C18H18N2O3S2. The van der Waals surface area contributed by atoms with Gasteiger partial charge in [0, 0.05) is 5.56 Å². The quantitative estimate of drug-likeness (QED) is 0.748. The lowest BCUT2D eigenvalue weighted by molar-refractivity contribution is 0.102. The van der Waals surface area contributed by atoms with Crippen molar-refractivity contribution in [3.63, 3.8) is 0 Å². The summed E-state index contributed by atoms with van der Waals surface area (Å²) in [6.07, 6.45) is 0. The summed E-state index contributed by atoms with van der Waals surface area (Å²) in [5, 5.41) is 2.70. The summed E-state index contributed by atoms with van der Waals surface area (Å²) in [6, 6.07) is 11.9. The van der Waals surface area contributed by atoms with Crippen LogP contribution >= 0.6 is 11.3 Å². The van der Waals surface area contributed by atoms with Gasteiger partial charge in [0.05, 0.1) is 20.4 Å². The second kappa shape index (κ2) is 6.57. The zero-order valence-corrected chi connectivity index (χ0v) is 15.7. The van der Waals surface area contributed by atoms with Crippen molar-refractivity contribution in [3.8, 4) is 0 Å². The Morgan fingerprint density at radius 1 is 1.16 bits per heavy atom. The molecule has 0 saturated carbocycles. The maximum Gasteiger partial charge on any atom is 0.257 e. The predicted molar refractivity (Wildman–Crippen MR) is 101 cm³/mol. The third-order valence-electron chi connectivity index (χ3n) is 3.89. The molecule has 1 amide bonds. The van der Waals surface area contributed by atoms with Gasteiger partial charge >= 0.3 is 0 Å². The van der Waals surface area contributed by atoms with E-state index in [2.05, 4.69) is 10.3 Å². The number of hydrogen-bond acceptors (Lipinski definition) is 5. The highest BCUT2D eigenvalue weighted by Crippen LogP contribution is 2.28. The van der Waals surface area contributed by atoms with E-state index in [9.17, 15) is 13.2 Å². The first-order chi connectivity index (χ1) is 11.8. The summed E-state index contributed by atoms with van der Waals surface area (Å²) in [5.74, 6) is -0.377. The van der Waals surface area contributed by atoms with E-state index >= 15 is 0 Å². The van der Waals surface area contributed by atoms with E-state index in [1.807, 2.05) is 25.1 Å². The molecule has 0 spiro atoms. The zero-order chi connectivity index (χ0) is 18.2. The Labute approximate surface area is 150 Å². The van der Waals surface area contributed by atoms with Crippen LogP contribution in [0.3, 0.4) is 0 Å². The van der Waals surface area contributed by atoms with Gasteiger partial charge in [0.2, 0.25) is 0 Å². The normalized spacial score (nSPS) is 11.8. The van der Waals surface area contributed by atoms with E-state index in [1.165, 1.54) is 23.5 Å². The number of nitrogens with zero attached hydrogens (tertiary/aromatic N) is 1. The molecule has 0 bridgehead atoms. The summed E-state index contributed by atoms with van der Waals surface area (Å²) < 4.78 is 25.5. The van der Waals surface area contributed by atoms with Gasteiger partial charge < -0.3 is 0 Å². The monoisotopic (exact) mass is 374 g/mol. The molecule has 3 aromatic rings. The van der Waals surface area contributed by atoms with Crippen molar-refractivity contribution in [2.75, 3.05) is 5.32 Å². The SMILES string of the molecule is Cc1cccc2sc(NC(=O)c3cccc(S(=O)(=O)C(C)C)c3)nc12. The summed E-state index contributed by atoms with van der Waals surface area (Å²) in [5.41, 5.74) is 2.19. The number of amides is 1. The molecule has 5 nitrogen and oxygen atoms in total. The van der Waals surface area contributed by atoms with Crippen LogP contribution in [0.15, 0.2) is 47.4 Å². The van der Waals surface area contributed by atoms with Crippen LogP contribution in [-0.4, -0.2) is 24.6 Å². The van der Waals surface area contributed by atoms with E-state index in [0.29, 0.717) is 5.13 Å². The van der Waals surface area contributed by atoms with E-state index in [1.54, 1.807) is 26.0 Å². The summed E-state index contributed by atoms with van der Waals surface area (Å²) in [4.78, 5) is 17.1. The third-order valence-corrected chi connectivity index (χ3v) is 6.97. The highest BCUT2D eigenvalue weighted by molar-refractivity contribution is 7.92. The van der Waals surface area contributed by atoms with Crippen LogP contribution in [0.2, 0.25) is 0 Å². The van der Waals surface area contributed by atoms with Crippen LogP contribution in [0, 0.1) is 6.92 Å². The summed E-state index contributed by atoms with van der Waals surface area (Å²) in [6.45, 7) is 5.20. The number of thiazole rings is 1. The first-order valence-corrected chi connectivity index (χ1v) is 10.2. The van der Waals surface area contributed by atoms with Crippen molar-refractivity contribution in [3.05, 3.63) is 53.6 Å². The van der Waals surface area contributed by atoms with Crippen molar-refractivity contribution >= 4 is 42.4 Å². The predicted octanol–water partition coefficient (Wildman–Crippen LogP) is 4.04. The zero-order valence-electron chi connectivity index (χ0n) is 14.1. The number of benzene rings is 2. The van der Waals surface area contributed by atoms with E-state index in [0.717, 1.165) is 15.8 Å². The molecule has 130 valence electrons. The third kappa shape index (κ3) is 3.43. The second-order valence-electron chi connectivity index (χ2n) is 6.02. The van der Waals surface area contributed by atoms with E-state index < -0.39 is 15.1 Å². The number of nitrogens with one attached hydrogen (secondary N) is 1. The first-order valence-electron chi connectivity index (χ1n) is 7.80. The Kier molecular flexibility index (Phi) is 4.62. The van der Waals surface area contributed by atoms with Gasteiger partial charge in [0.1, 0.15) is 0 Å². The van der Waals surface area contributed by atoms with Crippen molar-refractivity contribution in [2.24, 2.45) is 0 Å². The molecule has 0 saturated heterocycles. The fourth-order valence-electron chi connectivity index (χ4n) is 2.40. The van der Waals surface area contributed by atoms with E-state index in [-0.39, 0.29) is 16.4 Å². The molecule has 25 heavy (non-hydrogen) atoms. The Balaban J connectivity index is 1.89. The molecule has 3 rings (SSSR count). The number of carbonyl (C=O) groups is 1.